The summed E-state index contributed by atoms with van der Waals surface area (Å²) in [6.07, 6.45) is 3.90. The first-order valence-electron chi connectivity index (χ1n) is 5.30. The number of halogens is 2. The summed E-state index contributed by atoms with van der Waals surface area (Å²) in [7, 11) is 2.13. The Bertz CT molecular complexity index is 347. The van der Waals surface area contributed by atoms with Crippen LogP contribution in [-0.2, 0) is 5.88 Å². The maximum Gasteiger partial charge on any atom is 0.0509 e. The highest BCUT2D eigenvalue weighted by molar-refractivity contribution is 6.32. The molecule has 3 heteroatoms. The lowest BCUT2D eigenvalue weighted by atomic mass is 9.91. The van der Waals surface area contributed by atoms with Crippen molar-refractivity contribution in [3.05, 3.63) is 28.8 Å². The molecule has 1 aliphatic rings. The second-order valence-electron chi connectivity index (χ2n) is 4.07. The minimum Gasteiger partial charge on any atom is -0.371 e. The van der Waals surface area contributed by atoms with Crippen molar-refractivity contribution in [2.24, 2.45) is 0 Å². The van der Waals surface area contributed by atoms with Crippen LogP contribution in [-0.4, -0.2) is 13.1 Å². The summed E-state index contributed by atoms with van der Waals surface area (Å²) in [4.78, 5) is 2.31. The quantitative estimate of drug-likeness (QED) is 0.724. The predicted molar refractivity (Wildman–Crippen MR) is 67.1 cm³/mol. The molecule has 0 unspecified atom stereocenters. The largest absolute Gasteiger partial charge is 0.371 e. The number of alkyl halides is 1. The molecule has 0 amide bonds. The van der Waals surface area contributed by atoms with Gasteiger partial charge in [0.05, 0.1) is 5.88 Å². The third kappa shape index (κ3) is 2.09. The van der Waals surface area contributed by atoms with E-state index in [1.807, 2.05) is 12.1 Å². The zero-order valence-corrected chi connectivity index (χ0v) is 10.4. The lowest BCUT2D eigenvalue weighted by molar-refractivity contribution is 0.401. The van der Waals surface area contributed by atoms with Crippen molar-refractivity contribution in [2.45, 2.75) is 31.2 Å². The van der Waals surface area contributed by atoms with Crippen molar-refractivity contribution in [1.82, 2.24) is 0 Å². The van der Waals surface area contributed by atoms with Crippen LogP contribution < -0.4 is 4.90 Å². The van der Waals surface area contributed by atoms with E-state index in [-0.39, 0.29) is 0 Å². The molecule has 15 heavy (non-hydrogen) atoms. The molecule has 1 aromatic carbocycles. The molecule has 1 aromatic rings. The highest BCUT2D eigenvalue weighted by Gasteiger charge is 2.23. The first kappa shape index (κ1) is 11.1. The summed E-state index contributed by atoms with van der Waals surface area (Å²) in [6.45, 7) is 0. The smallest absolute Gasteiger partial charge is 0.0509 e. The number of nitrogens with zero attached hydrogens (tertiary/aromatic N) is 1. The number of rotatable bonds is 3. The Kier molecular flexibility index (Phi) is 3.42. The molecule has 0 aliphatic heterocycles. The van der Waals surface area contributed by atoms with E-state index in [1.54, 1.807) is 0 Å². The van der Waals surface area contributed by atoms with Crippen molar-refractivity contribution in [1.29, 1.82) is 0 Å². The van der Waals surface area contributed by atoms with Gasteiger partial charge in [-0.2, -0.15) is 0 Å². The first-order valence-corrected chi connectivity index (χ1v) is 6.21. The SMILES string of the molecule is CN(c1cccc(Cl)c1CCl)C1CCC1. The molecule has 0 heterocycles. The number of anilines is 1. The summed E-state index contributed by atoms with van der Waals surface area (Å²) < 4.78 is 0. The minimum absolute atomic E-state index is 0.478. The maximum absolute atomic E-state index is 6.13. The molecule has 2 rings (SSSR count). The summed E-state index contributed by atoms with van der Waals surface area (Å²) in [5, 5.41) is 0.772. The van der Waals surface area contributed by atoms with Crippen molar-refractivity contribution < 1.29 is 0 Å². The number of benzene rings is 1. The average molecular weight is 244 g/mol. The van der Waals surface area contributed by atoms with Gasteiger partial charge in [-0.05, 0) is 31.4 Å². The van der Waals surface area contributed by atoms with Crippen LogP contribution >= 0.6 is 23.2 Å². The number of hydrogen-bond acceptors (Lipinski definition) is 1. The normalized spacial score (nSPS) is 16.2. The van der Waals surface area contributed by atoms with E-state index < -0.39 is 0 Å². The van der Waals surface area contributed by atoms with Crippen LogP contribution in [0.15, 0.2) is 18.2 Å². The molecule has 0 radical (unpaired) electrons. The van der Waals surface area contributed by atoms with Crippen LogP contribution in [0.25, 0.3) is 0 Å². The molecule has 0 bridgehead atoms. The molecule has 1 nitrogen and oxygen atoms in total. The van der Waals surface area contributed by atoms with Crippen LogP contribution in [0.4, 0.5) is 5.69 Å². The maximum atomic E-state index is 6.13. The Morgan fingerprint density at radius 1 is 1.40 bits per heavy atom. The van der Waals surface area contributed by atoms with Gasteiger partial charge in [0.1, 0.15) is 0 Å². The molecule has 82 valence electrons. The van der Waals surface area contributed by atoms with Gasteiger partial charge in [0.15, 0.2) is 0 Å². The van der Waals surface area contributed by atoms with Crippen molar-refractivity contribution in [2.75, 3.05) is 11.9 Å². The Labute approximate surface area is 101 Å². The molecule has 1 fully saturated rings. The van der Waals surface area contributed by atoms with Crippen molar-refractivity contribution in [3.63, 3.8) is 0 Å². The van der Waals surface area contributed by atoms with Gasteiger partial charge in [0.2, 0.25) is 0 Å². The minimum atomic E-state index is 0.478. The zero-order valence-electron chi connectivity index (χ0n) is 8.84. The van der Waals surface area contributed by atoms with Crippen LogP contribution in [0.3, 0.4) is 0 Å². The number of hydrogen-bond donors (Lipinski definition) is 0. The molecule has 1 aliphatic carbocycles. The molecule has 1 saturated carbocycles. The topological polar surface area (TPSA) is 3.24 Å². The van der Waals surface area contributed by atoms with Crippen LogP contribution in [0.1, 0.15) is 24.8 Å². The van der Waals surface area contributed by atoms with Gasteiger partial charge in [-0.3, -0.25) is 0 Å². The van der Waals surface area contributed by atoms with E-state index >= 15 is 0 Å². The van der Waals surface area contributed by atoms with Gasteiger partial charge >= 0.3 is 0 Å². The Balaban J connectivity index is 2.29. The van der Waals surface area contributed by atoms with E-state index in [4.69, 9.17) is 23.2 Å². The van der Waals surface area contributed by atoms with Gasteiger partial charge in [-0.15, -0.1) is 11.6 Å². The molecule has 0 N–H and O–H groups in total. The molecule has 0 spiro atoms. The lowest BCUT2D eigenvalue weighted by Crippen LogP contribution is -2.37. The highest BCUT2D eigenvalue weighted by Crippen LogP contribution is 2.33. The zero-order chi connectivity index (χ0) is 10.8. The van der Waals surface area contributed by atoms with E-state index in [2.05, 4.69) is 18.0 Å². The fourth-order valence-corrected chi connectivity index (χ4v) is 2.57. The van der Waals surface area contributed by atoms with E-state index in [0.717, 1.165) is 10.6 Å². The summed E-state index contributed by atoms with van der Waals surface area (Å²) in [5.41, 5.74) is 2.23. The highest BCUT2D eigenvalue weighted by atomic mass is 35.5. The van der Waals surface area contributed by atoms with E-state index in [9.17, 15) is 0 Å². The van der Waals surface area contributed by atoms with Gasteiger partial charge in [0, 0.05) is 29.4 Å². The Morgan fingerprint density at radius 3 is 2.67 bits per heavy atom. The molecule has 0 saturated heterocycles. The third-order valence-corrected chi connectivity index (χ3v) is 3.85. The summed E-state index contributed by atoms with van der Waals surface area (Å²) >= 11 is 12.1. The fourth-order valence-electron chi connectivity index (χ4n) is 1.98. The van der Waals surface area contributed by atoms with Crippen molar-refractivity contribution in [3.8, 4) is 0 Å². The Morgan fingerprint density at radius 2 is 2.13 bits per heavy atom. The molecule has 0 atom stereocenters. The second kappa shape index (κ2) is 4.63. The van der Waals surface area contributed by atoms with Crippen LogP contribution in [0.2, 0.25) is 5.02 Å². The lowest BCUT2D eigenvalue weighted by Gasteiger charge is -2.37. The second-order valence-corrected chi connectivity index (χ2v) is 4.74. The van der Waals surface area contributed by atoms with Crippen LogP contribution in [0.5, 0.6) is 0 Å². The van der Waals surface area contributed by atoms with Crippen molar-refractivity contribution >= 4 is 28.9 Å². The third-order valence-electron chi connectivity index (χ3n) is 3.23. The van der Waals surface area contributed by atoms with Gasteiger partial charge in [0.25, 0.3) is 0 Å². The fraction of sp³-hybridized carbons (Fsp3) is 0.500. The summed E-state index contributed by atoms with van der Waals surface area (Å²) in [6, 6.07) is 6.66. The monoisotopic (exact) mass is 243 g/mol. The van der Waals surface area contributed by atoms with Gasteiger partial charge < -0.3 is 4.90 Å². The van der Waals surface area contributed by atoms with E-state index in [0.29, 0.717) is 11.9 Å². The average Bonchev–Trinajstić information content (AvgIpc) is 2.14. The molecular formula is C12H15Cl2N. The predicted octanol–water partition coefficient (Wildman–Crippen LogP) is 4.07. The summed E-state index contributed by atoms with van der Waals surface area (Å²) in [5.74, 6) is 0.478. The van der Waals surface area contributed by atoms with Crippen LogP contribution in [0, 0.1) is 0 Å². The molecular weight excluding hydrogens is 229 g/mol. The van der Waals surface area contributed by atoms with Gasteiger partial charge in [-0.1, -0.05) is 17.7 Å². The molecule has 0 aromatic heterocycles. The van der Waals surface area contributed by atoms with Gasteiger partial charge in [-0.25, -0.2) is 0 Å². The Hall–Kier alpha value is -0.400. The van der Waals surface area contributed by atoms with E-state index in [1.165, 1.54) is 24.9 Å². The standard InChI is InChI=1S/C12H15Cl2N/c1-15(9-4-2-5-9)12-7-3-6-11(14)10(12)8-13/h3,6-7,9H,2,4-5,8H2,1H3. The first-order chi connectivity index (χ1) is 7.24.